The van der Waals surface area contributed by atoms with Gasteiger partial charge in [-0.15, -0.1) is 0 Å². The SMILES string of the molecule is Cc1nn(CCc2ccccc2)c(=O)c(/C=C/Cc2ccsc2)c1-c1ccccc1OCc1ccccc1. The Labute approximate surface area is 227 Å². The molecule has 0 saturated heterocycles. The molecule has 4 nitrogen and oxygen atoms in total. The van der Waals surface area contributed by atoms with E-state index in [0.29, 0.717) is 18.7 Å². The fraction of sp³-hybridized carbons (Fsp3) is 0.152. The van der Waals surface area contributed by atoms with Gasteiger partial charge >= 0.3 is 0 Å². The maximum atomic E-state index is 13.8. The van der Waals surface area contributed by atoms with Crippen LogP contribution in [0.1, 0.15) is 27.9 Å². The lowest BCUT2D eigenvalue weighted by atomic mass is 9.97. The average Bonchev–Trinajstić information content (AvgIpc) is 3.48. The minimum absolute atomic E-state index is 0.0963. The van der Waals surface area contributed by atoms with Gasteiger partial charge in [0.05, 0.1) is 11.3 Å². The van der Waals surface area contributed by atoms with Gasteiger partial charge < -0.3 is 4.74 Å². The molecule has 0 aliphatic carbocycles. The predicted octanol–water partition coefficient (Wildman–Crippen LogP) is 7.36. The summed E-state index contributed by atoms with van der Waals surface area (Å²) in [6.45, 7) is 2.93. The van der Waals surface area contributed by atoms with E-state index in [2.05, 4.69) is 35.0 Å². The lowest BCUT2D eigenvalue weighted by Crippen LogP contribution is -2.27. The van der Waals surface area contributed by atoms with Crippen LogP contribution in [0.2, 0.25) is 0 Å². The normalized spacial score (nSPS) is 11.2. The molecule has 2 heterocycles. The number of rotatable bonds is 10. The highest BCUT2D eigenvalue weighted by Gasteiger charge is 2.18. The Balaban J connectivity index is 1.52. The molecule has 0 aliphatic rings. The van der Waals surface area contributed by atoms with E-state index in [-0.39, 0.29) is 5.56 Å². The van der Waals surface area contributed by atoms with E-state index in [9.17, 15) is 4.79 Å². The quantitative estimate of drug-likeness (QED) is 0.194. The number of allylic oxidation sites excluding steroid dienone is 1. The van der Waals surface area contributed by atoms with Crippen LogP contribution in [-0.4, -0.2) is 9.78 Å². The molecule has 0 N–H and O–H groups in total. The summed E-state index contributed by atoms with van der Waals surface area (Å²) in [4.78, 5) is 13.8. The average molecular weight is 519 g/mol. The topological polar surface area (TPSA) is 44.1 Å². The van der Waals surface area contributed by atoms with Crippen molar-refractivity contribution >= 4 is 17.4 Å². The van der Waals surface area contributed by atoms with Crippen LogP contribution in [0.15, 0.2) is 113 Å². The molecular weight excluding hydrogens is 488 g/mol. The van der Waals surface area contributed by atoms with Gasteiger partial charge in [-0.25, -0.2) is 4.68 Å². The number of aromatic nitrogens is 2. The number of ether oxygens (including phenoxy) is 1. The Bertz CT molecular complexity index is 1560. The fourth-order valence-electron chi connectivity index (χ4n) is 4.50. The van der Waals surface area contributed by atoms with E-state index in [0.717, 1.165) is 41.0 Å². The van der Waals surface area contributed by atoms with Gasteiger partial charge in [-0.2, -0.15) is 16.4 Å². The van der Waals surface area contributed by atoms with Crippen molar-refractivity contribution in [1.29, 1.82) is 0 Å². The zero-order valence-corrected chi connectivity index (χ0v) is 22.2. The zero-order chi connectivity index (χ0) is 26.2. The van der Waals surface area contributed by atoms with Crippen LogP contribution in [0.3, 0.4) is 0 Å². The second-order valence-corrected chi connectivity index (χ2v) is 9.93. The van der Waals surface area contributed by atoms with Gasteiger partial charge in [0.1, 0.15) is 12.4 Å². The summed E-state index contributed by atoms with van der Waals surface area (Å²) in [5.74, 6) is 0.732. The van der Waals surface area contributed by atoms with Crippen LogP contribution in [0.4, 0.5) is 0 Å². The van der Waals surface area contributed by atoms with Crippen molar-refractivity contribution in [1.82, 2.24) is 9.78 Å². The molecule has 5 rings (SSSR count). The van der Waals surface area contributed by atoms with Crippen LogP contribution in [0.25, 0.3) is 17.2 Å². The fourth-order valence-corrected chi connectivity index (χ4v) is 5.18. The van der Waals surface area contributed by atoms with Crippen LogP contribution >= 0.6 is 11.3 Å². The highest BCUT2D eigenvalue weighted by molar-refractivity contribution is 7.07. The number of thiophene rings is 1. The lowest BCUT2D eigenvalue weighted by Gasteiger charge is -2.17. The van der Waals surface area contributed by atoms with Gasteiger partial charge in [0.25, 0.3) is 5.56 Å². The third kappa shape index (κ3) is 6.18. The molecule has 5 aromatic rings. The first-order valence-corrected chi connectivity index (χ1v) is 13.7. The maximum Gasteiger partial charge on any atom is 0.274 e. The summed E-state index contributed by atoms with van der Waals surface area (Å²) in [6, 6.07) is 30.3. The van der Waals surface area contributed by atoms with Crippen molar-refractivity contribution in [2.24, 2.45) is 0 Å². The largest absolute Gasteiger partial charge is 0.488 e. The number of para-hydroxylation sites is 1. The van der Waals surface area contributed by atoms with Crippen LogP contribution in [0, 0.1) is 6.92 Å². The molecule has 0 radical (unpaired) electrons. The molecule has 0 spiro atoms. The summed E-state index contributed by atoms with van der Waals surface area (Å²) in [5.41, 5.74) is 6.52. The first-order valence-electron chi connectivity index (χ1n) is 12.8. The molecule has 38 heavy (non-hydrogen) atoms. The van der Waals surface area contributed by atoms with E-state index in [1.165, 1.54) is 11.1 Å². The third-order valence-corrected chi connectivity index (χ3v) is 7.17. The standard InChI is InChI=1S/C33H30N2O2S/c1-25-32(29-16-8-9-18-31(29)37-23-27-13-6-3-7-14-27)30(17-10-15-28-20-22-38-24-28)33(36)35(34-25)21-19-26-11-4-2-5-12-26/h2-14,16-18,20,22,24H,15,19,21,23H2,1H3/b17-10+. The van der Waals surface area contributed by atoms with Crippen molar-refractivity contribution in [3.8, 4) is 16.9 Å². The van der Waals surface area contributed by atoms with E-state index in [1.807, 2.05) is 85.8 Å². The third-order valence-electron chi connectivity index (χ3n) is 6.43. The van der Waals surface area contributed by atoms with Crippen molar-refractivity contribution in [2.75, 3.05) is 0 Å². The molecule has 0 saturated carbocycles. The summed E-state index contributed by atoms with van der Waals surface area (Å²) >= 11 is 1.68. The number of hydrogen-bond acceptors (Lipinski definition) is 4. The summed E-state index contributed by atoms with van der Waals surface area (Å²) in [7, 11) is 0. The molecule has 0 bridgehead atoms. The number of nitrogens with zero attached hydrogens (tertiary/aromatic N) is 2. The second kappa shape index (κ2) is 12.3. The Morgan fingerprint density at radius 1 is 0.868 bits per heavy atom. The molecule has 190 valence electrons. The molecule has 2 aromatic heterocycles. The highest BCUT2D eigenvalue weighted by Crippen LogP contribution is 2.34. The van der Waals surface area contributed by atoms with Gasteiger partial charge in [0.15, 0.2) is 0 Å². The molecule has 0 aliphatic heterocycles. The van der Waals surface area contributed by atoms with Gasteiger partial charge in [0, 0.05) is 17.7 Å². The molecule has 0 unspecified atom stereocenters. The number of hydrogen-bond donors (Lipinski definition) is 0. The van der Waals surface area contributed by atoms with E-state index >= 15 is 0 Å². The van der Waals surface area contributed by atoms with Crippen LogP contribution in [-0.2, 0) is 26.0 Å². The Morgan fingerprint density at radius 2 is 1.58 bits per heavy atom. The van der Waals surface area contributed by atoms with E-state index < -0.39 is 0 Å². The highest BCUT2D eigenvalue weighted by atomic mass is 32.1. The molecule has 0 amide bonds. The zero-order valence-electron chi connectivity index (χ0n) is 21.4. The maximum absolute atomic E-state index is 13.8. The van der Waals surface area contributed by atoms with Crippen LogP contribution < -0.4 is 10.3 Å². The predicted molar refractivity (Wildman–Crippen MR) is 157 cm³/mol. The lowest BCUT2D eigenvalue weighted by molar-refractivity contribution is 0.307. The second-order valence-electron chi connectivity index (χ2n) is 9.15. The Hall–Kier alpha value is -4.22. The minimum Gasteiger partial charge on any atom is -0.488 e. The Kier molecular flexibility index (Phi) is 8.26. The van der Waals surface area contributed by atoms with E-state index in [4.69, 9.17) is 9.84 Å². The first kappa shape index (κ1) is 25.4. The number of aryl methyl sites for hydroxylation is 3. The summed E-state index contributed by atoms with van der Waals surface area (Å²) in [5, 5.41) is 8.96. The first-order chi connectivity index (χ1) is 18.7. The molecule has 3 aromatic carbocycles. The molecule has 0 fully saturated rings. The Morgan fingerprint density at radius 3 is 2.32 bits per heavy atom. The molecule has 5 heteroatoms. The summed E-state index contributed by atoms with van der Waals surface area (Å²) < 4.78 is 7.87. The van der Waals surface area contributed by atoms with Gasteiger partial charge in [-0.05, 0) is 59.3 Å². The summed E-state index contributed by atoms with van der Waals surface area (Å²) in [6.07, 6.45) is 5.52. The minimum atomic E-state index is -0.0963. The van der Waals surface area contributed by atoms with Gasteiger partial charge in [-0.1, -0.05) is 91.0 Å². The number of benzene rings is 3. The molecule has 0 atom stereocenters. The van der Waals surface area contributed by atoms with Crippen molar-refractivity contribution in [3.63, 3.8) is 0 Å². The van der Waals surface area contributed by atoms with Gasteiger partial charge in [0.2, 0.25) is 0 Å². The van der Waals surface area contributed by atoms with Crippen LogP contribution in [0.5, 0.6) is 5.75 Å². The van der Waals surface area contributed by atoms with Gasteiger partial charge in [-0.3, -0.25) is 4.79 Å². The molecular formula is C33H30N2O2S. The van der Waals surface area contributed by atoms with E-state index in [1.54, 1.807) is 16.0 Å². The smallest absolute Gasteiger partial charge is 0.274 e. The van der Waals surface area contributed by atoms with Crippen molar-refractivity contribution in [2.45, 2.75) is 32.9 Å². The monoisotopic (exact) mass is 518 g/mol. The van der Waals surface area contributed by atoms with Crippen molar-refractivity contribution < 1.29 is 4.74 Å². The van der Waals surface area contributed by atoms with Crippen molar-refractivity contribution in [3.05, 3.63) is 146 Å².